The maximum absolute atomic E-state index is 13.3. The highest BCUT2D eigenvalue weighted by Crippen LogP contribution is 2.43. The van der Waals surface area contributed by atoms with Gasteiger partial charge in [-0.1, -0.05) is 41.9 Å². The zero-order chi connectivity index (χ0) is 27.8. The molecular weight excluding hydrogens is 538 g/mol. The predicted octanol–water partition coefficient (Wildman–Crippen LogP) is 4.36. The van der Waals surface area contributed by atoms with Crippen LogP contribution in [0.5, 0.6) is 0 Å². The molecule has 0 fully saturated rings. The zero-order valence-electron chi connectivity index (χ0n) is 21.5. The second-order valence-corrected chi connectivity index (χ2v) is 14.4. The summed E-state index contributed by atoms with van der Waals surface area (Å²) in [6, 6.07) is 9.97. The normalized spacial score (nSPS) is 20.5. The number of benzene rings is 1. The van der Waals surface area contributed by atoms with Gasteiger partial charge in [0.1, 0.15) is 21.7 Å². The van der Waals surface area contributed by atoms with Gasteiger partial charge in [0, 0.05) is 5.56 Å². The Bertz CT molecular complexity index is 1360. The summed E-state index contributed by atoms with van der Waals surface area (Å²) < 4.78 is 30.4. The lowest BCUT2D eigenvalue weighted by molar-refractivity contribution is 0.0560. The summed E-state index contributed by atoms with van der Waals surface area (Å²) in [5, 5.41) is 5.23. The molecule has 3 rings (SSSR count). The molecular formula is C25H30ClN3O6S2. The van der Waals surface area contributed by atoms with Crippen LogP contribution in [0.2, 0.25) is 5.02 Å². The number of hydrogen-bond donors (Lipinski definition) is 2. The number of nitrogens with zero attached hydrogens (tertiary/aromatic N) is 1. The minimum atomic E-state index is -3.83. The molecule has 1 aliphatic heterocycles. The van der Waals surface area contributed by atoms with Gasteiger partial charge in [-0.3, -0.25) is 19.9 Å². The van der Waals surface area contributed by atoms with Crippen molar-refractivity contribution in [3.05, 3.63) is 56.7 Å². The first kappa shape index (κ1) is 28.8. The Morgan fingerprint density at radius 1 is 1.14 bits per heavy atom. The first-order chi connectivity index (χ1) is 16.9. The summed E-state index contributed by atoms with van der Waals surface area (Å²) in [5.41, 5.74) is -1.71. The van der Waals surface area contributed by atoms with Gasteiger partial charge in [0.25, 0.3) is 5.91 Å². The van der Waals surface area contributed by atoms with Gasteiger partial charge in [0.2, 0.25) is 0 Å². The molecule has 12 heteroatoms. The molecule has 1 aromatic carbocycles. The monoisotopic (exact) mass is 567 g/mol. The number of rotatable bonds is 5. The van der Waals surface area contributed by atoms with Crippen molar-refractivity contribution in [3.63, 3.8) is 0 Å². The van der Waals surface area contributed by atoms with Crippen molar-refractivity contribution < 1.29 is 27.5 Å². The van der Waals surface area contributed by atoms with Crippen molar-refractivity contribution in [3.8, 4) is 0 Å². The standard InChI is InChI=1S/C25H30ClN3O6S2/c1-23(2,3)35-22(32)28-21-24(4,5)37(33,34)14-25(6,29-21)19-16(26)12-18(36-19)20(31)27-13-17(30)15-10-8-7-9-11-15/h7-12H,13-14H2,1-6H3,(H,27,31)(H,28,29,32)/t25-/m0/s1. The average Bonchev–Trinajstić information content (AvgIpc) is 3.17. The fourth-order valence-corrected chi connectivity index (χ4v) is 6.97. The Labute approximate surface area is 225 Å². The lowest BCUT2D eigenvalue weighted by atomic mass is 10.0. The summed E-state index contributed by atoms with van der Waals surface area (Å²) in [7, 11) is -3.83. The van der Waals surface area contributed by atoms with Crippen molar-refractivity contribution in [1.29, 1.82) is 0 Å². The van der Waals surface area contributed by atoms with E-state index in [0.29, 0.717) is 10.4 Å². The molecule has 0 bridgehead atoms. The number of nitrogens with one attached hydrogen (secondary N) is 2. The van der Waals surface area contributed by atoms with Crippen LogP contribution in [0, 0.1) is 0 Å². The Morgan fingerprint density at radius 3 is 2.35 bits per heavy atom. The van der Waals surface area contributed by atoms with Crippen molar-refractivity contribution in [1.82, 2.24) is 10.6 Å². The number of aliphatic imine (C=N–C) groups is 1. The van der Waals surface area contributed by atoms with Crippen LogP contribution in [0.4, 0.5) is 4.79 Å². The van der Waals surface area contributed by atoms with Crippen LogP contribution in [-0.4, -0.2) is 54.7 Å². The molecule has 0 aliphatic carbocycles. The zero-order valence-corrected chi connectivity index (χ0v) is 23.9. The molecule has 37 heavy (non-hydrogen) atoms. The van der Waals surface area contributed by atoms with Crippen LogP contribution in [0.1, 0.15) is 66.4 Å². The highest BCUT2D eigenvalue weighted by molar-refractivity contribution is 7.93. The number of amides is 2. The number of sulfone groups is 1. The van der Waals surface area contributed by atoms with Crippen LogP contribution < -0.4 is 10.6 Å². The van der Waals surface area contributed by atoms with Gasteiger partial charge >= 0.3 is 6.09 Å². The minimum absolute atomic E-state index is 0.0839. The largest absolute Gasteiger partial charge is 0.444 e. The maximum atomic E-state index is 13.3. The molecule has 2 amide bonds. The summed E-state index contributed by atoms with van der Waals surface area (Å²) in [6.07, 6.45) is -0.834. The summed E-state index contributed by atoms with van der Waals surface area (Å²) in [5.74, 6) is -1.26. The number of hydrogen-bond acceptors (Lipinski definition) is 8. The van der Waals surface area contributed by atoms with Crippen LogP contribution in [0.15, 0.2) is 41.4 Å². The van der Waals surface area contributed by atoms with Crippen molar-refractivity contribution in [2.45, 2.75) is 57.4 Å². The molecule has 0 saturated carbocycles. The Kier molecular flexibility index (Phi) is 7.93. The smallest absolute Gasteiger partial charge is 0.413 e. The molecule has 1 aliphatic rings. The molecule has 9 nitrogen and oxygen atoms in total. The molecule has 0 spiro atoms. The average molecular weight is 568 g/mol. The Balaban J connectivity index is 1.89. The van der Waals surface area contributed by atoms with E-state index >= 15 is 0 Å². The number of ether oxygens (including phenoxy) is 1. The number of carbonyl (C=O) groups is 3. The van der Waals surface area contributed by atoms with Crippen LogP contribution >= 0.6 is 22.9 Å². The van der Waals surface area contributed by atoms with Gasteiger partial charge < -0.3 is 10.1 Å². The first-order valence-corrected chi connectivity index (χ1v) is 14.3. The molecule has 0 radical (unpaired) electrons. The van der Waals surface area contributed by atoms with Gasteiger partial charge in [0.15, 0.2) is 15.6 Å². The number of ketones is 1. The van der Waals surface area contributed by atoms with Gasteiger partial charge in [-0.15, -0.1) is 11.3 Å². The quantitative estimate of drug-likeness (QED) is 0.516. The summed E-state index contributed by atoms with van der Waals surface area (Å²) >= 11 is 7.44. The first-order valence-electron chi connectivity index (χ1n) is 11.4. The van der Waals surface area contributed by atoms with Crippen molar-refractivity contribution in [2.24, 2.45) is 4.99 Å². The molecule has 1 atom stereocenters. The Morgan fingerprint density at radius 2 is 1.76 bits per heavy atom. The van der Waals surface area contributed by atoms with E-state index in [0.717, 1.165) is 11.3 Å². The van der Waals surface area contributed by atoms with E-state index in [4.69, 9.17) is 16.3 Å². The lowest BCUT2D eigenvalue weighted by Crippen LogP contribution is -2.57. The highest BCUT2D eigenvalue weighted by atomic mass is 35.5. The number of carbonyl (C=O) groups excluding carboxylic acids is 3. The van der Waals surface area contributed by atoms with E-state index in [1.807, 2.05) is 0 Å². The molecule has 0 saturated heterocycles. The number of thiophene rings is 1. The van der Waals surface area contributed by atoms with E-state index in [1.54, 1.807) is 58.0 Å². The van der Waals surface area contributed by atoms with Gasteiger partial charge in [-0.2, -0.15) is 0 Å². The summed E-state index contributed by atoms with van der Waals surface area (Å²) in [6.45, 7) is 9.34. The van der Waals surface area contributed by atoms with Crippen molar-refractivity contribution in [2.75, 3.05) is 12.3 Å². The van der Waals surface area contributed by atoms with Gasteiger partial charge in [-0.25, -0.2) is 13.2 Å². The number of halogens is 1. The third-order valence-electron chi connectivity index (χ3n) is 5.70. The second kappa shape index (κ2) is 10.2. The molecule has 2 aromatic rings. The Hall–Kier alpha value is -2.76. The molecule has 1 aromatic heterocycles. The van der Waals surface area contributed by atoms with Gasteiger partial charge in [0.05, 0.1) is 27.1 Å². The number of alkyl carbamates (subject to hydrolysis) is 1. The minimum Gasteiger partial charge on any atom is -0.444 e. The lowest BCUT2D eigenvalue weighted by Gasteiger charge is -2.38. The number of amidine groups is 1. The van der Waals surface area contributed by atoms with E-state index in [9.17, 15) is 22.8 Å². The molecule has 0 unspecified atom stereocenters. The number of Topliss-reactive ketones (excluding diaryl/α,β-unsaturated/α-hetero) is 1. The molecule has 2 heterocycles. The van der Waals surface area contributed by atoms with E-state index in [1.165, 1.54) is 19.9 Å². The van der Waals surface area contributed by atoms with Crippen molar-refractivity contribution >= 4 is 56.4 Å². The highest BCUT2D eigenvalue weighted by Gasteiger charge is 2.51. The SMILES string of the molecule is CC(C)(C)OC(=O)NC1=N[C@](C)(c2sc(C(=O)NCC(=O)c3ccccc3)cc2Cl)CS(=O)(=O)C1(C)C. The van der Waals surface area contributed by atoms with E-state index in [-0.39, 0.29) is 33.8 Å². The van der Waals surface area contributed by atoms with Crippen LogP contribution in [0.3, 0.4) is 0 Å². The van der Waals surface area contributed by atoms with Crippen LogP contribution in [0.25, 0.3) is 0 Å². The van der Waals surface area contributed by atoms with Gasteiger partial charge in [-0.05, 0) is 47.6 Å². The third-order valence-corrected chi connectivity index (χ3v) is 10.2. The second-order valence-electron chi connectivity index (χ2n) is 10.4. The van der Waals surface area contributed by atoms with Crippen LogP contribution in [-0.2, 0) is 20.1 Å². The van der Waals surface area contributed by atoms with E-state index in [2.05, 4.69) is 15.6 Å². The fourth-order valence-electron chi connectivity index (χ4n) is 3.63. The fraction of sp³-hybridized carbons (Fsp3) is 0.440. The third kappa shape index (κ3) is 6.39. The molecule has 200 valence electrons. The van der Waals surface area contributed by atoms with E-state index < -0.39 is 37.7 Å². The molecule has 2 N–H and O–H groups in total. The maximum Gasteiger partial charge on any atom is 0.413 e. The summed E-state index contributed by atoms with van der Waals surface area (Å²) in [4.78, 5) is 42.7. The topological polar surface area (TPSA) is 131 Å². The predicted molar refractivity (Wildman–Crippen MR) is 144 cm³/mol.